The Labute approximate surface area is 179 Å². The van der Waals surface area contributed by atoms with E-state index in [1.54, 1.807) is 0 Å². The standard InChI is InChI=1S/C21H12F7N3O2/c22-14-12(10-6-2-1-3-7-10)16(24)20(25,21(26,27)28)17(15(14)23)29-18(32)13-11-8-4-5-9-31(11)30-19(13)33/h1-9,16H,(H,29,32)(H,30,33). The summed E-state index contributed by atoms with van der Waals surface area (Å²) in [6.07, 6.45) is -8.59. The molecule has 1 aromatic carbocycles. The van der Waals surface area contributed by atoms with Gasteiger partial charge in [0.2, 0.25) is 0 Å². The number of alkyl halides is 5. The van der Waals surface area contributed by atoms with Gasteiger partial charge in [-0.25, -0.2) is 17.6 Å². The molecule has 0 spiro atoms. The molecule has 2 heterocycles. The van der Waals surface area contributed by atoms with Gasteiger partial charge in [0.05, 0.1) is 5.52 Å². The number of halogens is 7. The minimum Gasteiger partial charge on any atom is -0.319 e. The molecule has 5 nitrogen and oxygen atoms in total. The summed E-state index contributed by atoms with van der Waals surface area (Å²) in [6.45, 7) is 0. The highest BCUT2D eigenvalue weighted by atomic mass is 19.4. The minimum atomic E-state index is -6.11. The minimum absolute atomic E-state index is 0.147. The van der Waals surface area contributed by atoms with E-state index in [2.05, 4.69) is 5.10 Å². The molecule has 33 heavy (non-hydrogen) atoms. The summed E-state index contributed by atoms with van der Waals surface area (Å²) in [5, 5.41) is 3.43. The van der Waals surface area contributed by atoms with Crippen LogP contribution in [0.5, 0.6) is 0 Å². The van der Waals surface area contributed by atoms with Crippen LogP contribution in [0.15, 0.2) is 76.9 Å². The summed E-state index contributed by atoms with van der Waals surface area (Å²) in [5.74, 6) is -6.25. The van der Waals surface area contributed by atoms with Crippen LogP contribution in [0.4, 0.5) is 30.7 Å². The maximum atomic E-state index is 15.4. The molecular weight excluding hydrogens is 459 g/mol. The van der Waals surface area contributed by atoms with Crippen LogP contribution in [0.25, 0.3) is 11.1 Å². The number of carbonyl (C=O) groups excluding carboxylic acids is 1. The van der Waals surface area contributed by atoms with Crippen LogP contribution in [0.3, 0.4) is 0 Å². The Bertz CT molecular complexity index is 1370. The molecule has 172 valence electrons. The van der Waals surface area contributed by atoms with E-state index in [0.717, 1.165) is 16.6 Å². The largest absolute Gasteiger partial charge is 0.431 e. The van der Waals surface area contributed by atoms with Crippen LogP contribution in [0, 0.1) is 0 Å². The molecule has 1 amide bonds. The maximum absolute atomic E-state index is 15.4. The van der Waals surface area contributed by atoms with E-state index in [9.17, 15) is 31.5 Å². The number of carbonyl (C=O) groups is 1. The van der Waals surface area contributed by atoms with E-state index in [-0.39, 0.29) is 5.52 Å². The topological polar surface area (TPSA) is 66.4 Å². The van der Waals surface area contributed by atoms with Crippen LogP contribution >= 0.6 is 0 Å². The average molecular weight is 471 g/mol. The molecule has 3 aromatic rings. The van der Waals surface area contributed by atoms with Gasteiger partial charge in [0.15, 0.2) is 17.8 Å². The van der Waals surface area contributed by atoms with Gasteiger partial charge in [0, 0.05) is 11.8 Å². The van der Waals surface area contributed by atoms with Crippen LogP contribution < -0.4 is 10.9 Å². The lowest BCUT2D eigenvalue weighted by atomic mass is 9.81. The summed E-state index contributed by atoms with van der Waals surface area (Å²) < 4.78 is 102. The van der Waals surface area contributed by atoms with E-state index in [0.29, 0.717) is 0 Å². The molecule has 1 aliphatic rings. The van der Waals surface area contributed by atoms with Gasteiger partial charge in [-0.3, -0.25) is 19.2 Å². The average Bonchev–Trinajstić information content (AvgIpc) is 3.11. The fourth-order valence-electron chi connectivity index (χ4n) is 3.57. The first-order chi connectivity index (χ1) is 15.5. The van der Waals surface area contributed by atoms with Crippen molar-refractivity contribution in [3.05, 3.63) is 93.6 Å². The van der Waals surface area contributed by atoms with Crippen LogP contribution in [-0.2, 0) is 0 Å². The second kappa shape index (κ2) is 7.64. The Morgan fingerprint density at radius 1 is 1.03 bits per heavy atom. The fourth-order valence-corrected chi connectivity index (χ4v) is 3.57. The number of aromatic nitrogens is 2. The summed E-state index contributed by atoms with van der Waals surface area (Å²) in [6, 6.07) is 9.78. The lowest BCUT2D eigenvalue weighted by Crippen LogP contribution is -2.57. The van der Waals surface area contributed by atoms with Crippen molar-refractivity contribution in [3.63, 3.8) is 0 Å². The zero-order chi connectivity index (χ0) is 24.1. The van der Waals surface area contributed by atoms with Gasteiger partial charge in [0.25, 0.3) is 17.1 Å². The Morgan fingerprint density at radius 2 is 1.67 bits per heavy atom. The fraction of sp³-hybridized carbons (Fsp3) is 0.143. The van der Waals surface area contributed by atoms with Gasteiger partial charge in [0.1, 0.15) is 11.3 Å². The zero-order valence-corrected chi connectivity index (χ0v) is 16.2. The quantitative estimate of drug-likeness (QED) is 0.551. The number of nitrogens with zero attached hydrogens (tertiary/aromatic N) is 1. The predicted octanol–water partition coefficient (Wildman–Crippen LogP) is 4.54. The highest BCUT2D eigenvalue weighted by Gasteiger charge is 2.69. The van der Waals surface area contributed by atoms with E-state index in [1.165, 1.54) is 47.9 Å². The van der Waals surface area contributed by atoms with Crippen molar-refractivity contribution in [1.29, 1.82) is 0 Å². The third-order valence-electron chi connectivity index (χ3n) is 5.14. The molecule has 0 aliphatic heterocycles. The van der Waals surface area contributed by atoms with Crippen LogP contribution in [0.2, 0.25) is 0 Å². The Kier molecular flexibility index (Phi) is 5.18. The lowest BCUT2D eigenvalue weighted by Gasteiger charge is -2.37. The highest BCUT2D eigenvalue weighted by molar-refractivity contribution is 6.01. The second-order valence-electron chi connectivity index (χ2n) is 7.08. The number of fused-ring (bicyclic) bond motifs is 1. The smallest absolute Gasteiger partial charge is 0.319 e. The first kappa shape index (κ1) is 22.4. The van der Waals surface area contributed by atoms with Crippen LogP contribution in [-0.4, -0.2) is 33.5 Å². The third kappa shape index (κ3) is 3.33. The van der Waals surface area contributed by atoms with Crippen molar-refractivity contribution >= 4 is 17.0 Å². The summed E-state index contributed by atoms with van der Waals surface area (Å²) >= 11 is 0. The lowest BCUT2D eigenvalue weighted by molar-refractivity contribution is -0.231. The molecule has 2 aromatic heterocycles. The number of pyridine rings is 1. The summed E-state index contributed by atoms with van der Waals surface area (Å²) in [4.78, 5) is 24.7. The predicted molar refractivity (Wildman–Crippen MR) is 103 cm³/mol. The Morgan fingerprint density at radius 3 is 2.30 bits per heavy atom. The number of benzene rings is 1. The number of amides is 1. The molecule has 0 fully saturated rings. The van der Waals surface area contributed by atoms with Gasteiger partial charge in [-0.2, -0.15) is 13.2 Å². The molecule has 4 rings (SSSR count). The van der Waals surface area contributed by atoms with E-state index in [1.807, 2.05) is 0 Å². The molecule has 0 radical (unpaired) electrons. The van der Waals surface area contributed by atoms with Gasteiger partial charge >= 0.3 is 6.18 Å². The first-order valence-corrected chi connectivity index (χ1v) is 9.24. The Hall–Kier alpha value is -3.83. The molecular formula is C21H12F7N3O2. The van der Waals surface area contributed by atoms with E-state index >= 15 is 8.78 Å². The molecule has 2 N–H and O–H groups in total. The molecule has 2 unspecified atom stereocenters. The number of hydrogen-bond donors (Lipinski definition) is 2. The SMILES string of the molecule is O=C(NC1=C(F)C(F)=C(c2ccccc2)C(F)C1(F)C(F)(F)F)c1c(=O)[nH]n2ccccc12. The molecule has 0 saturated carbocycles. The second-order valence-corrected chi connectivity index (χ2v) is 7.08. The van der Waals surface area contributed by atoms with Crippen molar-refractivity contribution in [2.75, 3.05) is 0 Å². The third-order valence-corrected chi connectivity index (χ3v) is 5.14. The van der Waals surface area contributed by atoms with E-state index < -0.39 is 63.5 Å². The van der Waals surface area contributed by atoms with Crippen LogP contribution in [0.1, 0.15) is 15.9 Å². The van der Waals surface area contributed by atoms with E-state index in [4.69, 9.17) is 0 Å². The zero-order valence-electron chi connectivity index (χ0n) is 16.2. The summed E-state index contributed by atoms with van der Waals surface area (Å²) in [5.41, 5.74) is -11.6. The number of rotatable bonds is 3. The number of nitrogens with one attached hydrogen (secondary N) is 2. The van der Waals surface area contributed by atoms with Crippen molar-refractivity contribution in [2.45, 2.75) is 18.0 Å². The number of H-pyrrole nitrogens is 1. The monoisotopic (exact) mass is 471 g/mol. The molecule has 1 aliphatic carbocycles. The van der Waals surface area contributed by atoms with Gasteiger partial charge in [-0.1, -0.05) is 36.4 Å². The van der Waals surface area contributed by atoms with Crippen molar-refractivity contribution in [1.82, 2.24) is 14.9 Å². The van der Waals surface area contributed by atoms with Crippen molar-refractivity contribution < 1.29 is 35.5 Å². The number of hydrogen-bond acceptors (Lipinski definition) is 2. The Balaban J connectivity index is 1.90. The molecule has 2 atom stereocenters. The molecule has 0 saturated heterocycles. The van der Waals surface area contributed by atoms with Crippen molar-refractivity contribution in [2.24, 2.45) is 0 Å². The van der Waals surface area contributed by atoms with Gasteiger partial charge < -0.3 is 5.32 Å². The highest BCUT2D eigenvalue weighted by Crippen LogP contribution is 2.53. The summed E-state index contributed by atoms with van der Waals surface area (Å²) in [7, 11) is 0. The number of allylic oxidation sites excluding steroid dienone is 4. The van der Waals surface area contributed by atoms with Gasteiger partial charge in [-0.15, -0.1) is 0 Å². The van der Waals surface area contributed by atoms with Crippen molar-refractivity contribution in [3.8, 4) is 0 Å². The normalized spacial score (nSPS) is 21.6. The number of aromatic amines is 1. The molecule has 0 bridgehead atoms. The maximum Gasteiger partial charge on any atom is 0.431 e. The molecule has 12 heteroatoms. The first-order valence-electron chi connectivity index (χ1n) is 9.24. The van der Waals surface area contributed by atoms with Gasteiger partial charge in [-0.05, 0) is 17.7 Å².